The van der Waals surface area contributed by atoms with E-state index >= 15 is 0 Å². The fourth-order valence-corrected chi connectivity index (χ4v) is 1.85. The van der Waals surface area contributed by atoms with E-state index in [-0.39, 0.29) is 5.91 Å². The first-order valence-corrected chi connectivity index (χ1v) is 4.78. The molecule has 0 atom stereocenters. The Hall–Kier alpha value is -1.51. The van der Waals surface area contributed by atoms with Crippen molar-refractivity contribution in [2.45, 2.75) is 13.3 Å². The van der Waals surface area contributed by atoms with Crippen LogP contribution in [0.2, 0.25) is 0 Å². The lowest BCUT2D eigenvalue weighted by Crippen LogP contribution is -2.12. The molecular formula is C11H14N2O. The second kappa shape index (κ2) is 3.33. The molecule has 74 valence electrons. The zero-order valence-corrected chi connectivity index (χ0v) is 8.50. The molecule has 0 radical (unpaired) electrons. The summed E-state index contributed by atoms with van der Waals surface area (Å²) in [5.41, 5.74) is 3.49. The molecule has 1 heterocycles. The number of carbonyl (C=O) groups is 1. The van der Waals surface area contributed by atoms with Gasteiger partial charge in [-0.2, -0.15) is 0 Å². The molecule has 3 nitrogen and oxygen atoms in total. The Morgan fingerprint density at radius 2 is 2.29 bits per heavy atom. The van der Waals surface area contributed by atoms with Gasteiger partial charge < -0.3 is 10.2 Å². The summed E-state index contributed by atoms with van der Waals surface area (Å²) >= 11 is 0. The second-order valence-corrected chi connectivity index (χ2v) is 3.70. The molecule has 1 amide bonds. The first-order valence-electron chi connectivity index (χ1n) is 4.78. The lowest BCUT2D eigenvalue weighted by Gasteiger charge is -2.12. The standard InChI is InChI=1S/C11H14N2O/c1-8(14)12-10-3-4-11-9(7-10)5-6-13(11)2/h3-4,7H,5-6H2,1-2H3,(H,12,14). The van der Waals surface area contributed by atoms with Crippen LogP contribution in [-0.2, 0) is 11.2 Å². The van der Waals surface area contributed by atoms with Crippen LogP contribution in [0.3, 0.4) is 0 Å². The van der Waals surface area contributed by atoms with Crippen LogP contribution < -0.4 is 10.2 Å². The summed E-state index contributed by atoms with van der Waals surface area (Å²) in [7, 11) is 2.09. The van der Waals surface area contributed by atoms with E-state index in [0.717, 1.165) is 18.7 Å². The lowest BCUT2D eigenvalue weighted by molar-refractivity contribution is -0.114. The van der Waals surface area contributed by atoms with E-state index in [1.165, 1.54) is 18.2 Å². The molecule has 1 aliphatic rings. The number of rotatable bonds is 1. The molecule has 0 saturated carbocycles. The summed E-state index contributed by atoms with van der Waals surface area (Å²) in [5.74, 6) is -0.0173. The van der Waals surface area contributed by atoms with Gasteiger partial charge in [0.1, 0.15) is 0 Å². The number of hydrogen-bond acceptors (Lipinski definition) is 2. The highest BCUT2D eigenvalue weighted by molar-refractivity contribution is 5.89. The summed E-state index contributed by atoms with van der Waals surface area (Å²) in [5, 5.41) is 2.79. The van der Waals surface area contributed by atoms with Crippen LogP contribution in [0.4, 0.5) is 11.4 Å². The number of likely N-dealkylation sites (N-methyl/N-ethyl adjacent to an activating group) is 1. The van der Waals surface area contributed by atoms with Crippen molar-refractivity contribution in [2.24, 2.45) is 0 Å². The molecule has 0 bridgehead atoms. The predicted molar refractivity (Wildman–Crippen MR) is 57.7 cm³/mol. The Bertz CT molecular complexity index is 374. The number of fused-ring (bicyclic) bond motifs is 1. The third kappa shape index (κ3) is 1.58. The fourth-order valence-electron chi connectivity index (χ4n) is 1.85. The van der Waals surface area contributed by atoms with Gasteiger partial charge in [-0.05, 0) is 30.2 Å². The van der Waals surface area contributed by atoms with Gasteiger partial charge >= 0.3 is 0 Å². The van der Waals surface area contributed by atoms with E-state index in [4.69, 9.17) is 0 Å². The lowest BCUT2D eigenvalue weighted by atomic mass is 10.1. The molecule has 0 spiro atoms. The van der Waals surface area contributed by atoms with E-state index in [1.54, 1.807) is 0 Å². The maximum absolute atomic E-state index is 10.9. The Balaban J connectivity index is 2.28. The molecule has 1 aromatic rings. The monoisotopic (exact) mass is 190 g/mol. The Kier molecular flexibility index (Phi) is 2.15. The number of benzene rings is 1. The third-order valence-electron chi connectivity index (χ3n) is 2.53. The maximum Gasteiger partial charge on any atom is 0.221 e. The molecule has 2 rings (SSSR count). The van der Waals surface area contributed by atoms with Crippen LogP contribution in [0.1, 0.15) is 12.5 Å². The summed E-state index contributed by atoms with van der Waals surface area (Å²) in [6.07, 6.45) is 1.07. The number of nitrogens with zero attached hydrogens (tertiary/aromatic N) is 1. The van der Waals surface area contributed by atoms with Crippen LogP contribution in [0, 0.1) is 0 Å². The summed E-state index contributed by atoms with van der Waals surface area (Å²) < 4.78 is 0. The minimum Gasteiger partial charge on any atom is -0.374 e. The van der Waals surface area contributed by atoms with Gasteiger partial charge in [0.15, 0.2) is 0 Å². The van der Waals surface area contributed by atoms with Crippen molar-refractivity contribution in [1.29, 1.82) is 0 Å². The molecule has 14 heavy (non-hydrogen) atoms. The minimum atomic E-state index is -0.0173. The van der Waals surface area contributed by atoms with Crippen molar-refractivity contribution in [3.63, 3.8) is 0 Å². The van der Waals surface area contributed by atoms with Gasteiger partial charge in [-0.1, -0.05) is 0 Å². The molecule has 1 N–H and O–H groups in total. The van der Waals surface area contributed by atoms with Crippen molar-refractivity contribution < 1.29 is 4.79 Å². The van der Waals surface area contributed by atoms with Gasteiger partial charge in [-0.3, -0.25) is 4.79 Å². The van der Waals surface area contributed by atoms with Crippen LogP contribution in [-0.4, -0.2) is 19.5 Å². The molecule has 0 unspecified atom stereocenters. The third-order valence-corrected chi connectivity index (χ3v) is 2.53. The van der Waals surface area contributed by atoms with Gasteiger partial charge in [0, 0.05) is 31.9 Å². The quantitative estimate of drug-likeness (QED) is 0.730. The number of amides is 1. The molecule has 0 saturated heterocycles. The zero-order valence-electron chi connectivity index (χ0n) is 8.50. The minimum absolute atomic E-state index is 0.0173. The highest BCUT2D eigenvalue weighted by Gasteiger charge is 2.15. The number of anilines is 2. The average Bonchev–Trinajstić information content (AvgIpc) is 2.46. The van der Waals surface area contributed by atoms with Gasteiger partial charge in [0.05, 0.1) is 0 Å². The van der Waals surface area contributed by atoms with Crippen molar-refractivity contribution >= 4 is 17.3 Å². The molecule has 3 heteroatoms. The SMILES string of the molecule is CC(=O)Nc1ccc2c(c1)CCN2C. The van der Waals surface area contributed by atoms with E-state index < -0.39 is 0 Å². The highest BCUT2D eigenvalue weighted by Crippen LogP contribution is 2.28. The van der Waals surface area contributed by atoms with Crippen molar-refractivity contribution in [2.75, 3.05) is 23.8 Å². The van der Waals surface area contributed by atoms with Crippen molar-refractivity contribution in [1.82, 2.24) is 0 Å². The van der Waals surface area contributed by atoms with Gasteiger partial charge in [0.25, 0.3) is 0 Å². The Labute approximate surface area is 83.7 Å². The zero-order chi connectivity index (χ0) is 10.1. The molecule has 1 aromatic carbocycles. The Morgan fingerprint density at radius 1 is 1.50 bits per heavy atom. The summed E-state index contributed by atoms with van der Waals surface area (Å²) in [6, 6.07) is 6.07. The van der Waals surface area contributed by atoms with E-state index in [0.29, 0.717) is 0 Å². The maximum atomic E-state index is 10.9. The van der Waals surface area contributed by atoms with Gasteiger partial charge in [-0.25, -0.2) is 0 Å². The summed E-state index contributed by atoms with van der Waals surface area (Å²) in [6.45, 7) is 2.60. The van der Waals surface area contributed by atoms with Crippen LogP contribution >= 0.6 is 0 Å². The first kappa shape index (κ1) is 9.06. The topological polar surface area (TPSA) is 32.3 Å². The predicted octanol–water partition coefficient (Wildman–Crippen LogP) is 1.64. The number of hydrogen-bond donors (Lipinski definition) is 1. The number of carbonyl (C=O) groups excluding carboxylic acids is 1. The average molecular weight is 190 g/mol. The largest absolute Gasteiger partial charge is 0.374 e. The van der Waals surface area contributed by atoms with E-state index in [1.807, 2.05) is 6.07 Å². The van der Waals surface area contributed by atoms with Crippen LogP contribution in [0.15, 0.2) is 18.2 Å². The van der Waals surface area contributed by atoms with Crippen molar-refractivity contribution in [3.05, 3.63) is 23.8 Å². The van der Waals surface area contributed by atoms with Crippen molar-refractivity contribution in [3.8, 4) is 0 Å². The fraction of sp³-hybridized carbons (Fsp3) is 0.364. The normalized spacial score (nSPS) is 14.0. The number of nitrogens with one attached hydrogen (secondary N) is 1. The van der Waals surface area contributed by atoms with Gasteiger partial charge in [0.2, 0.25) is 5.91 Å². The Morgan fingerprint density at radius 3 is 3.00 bits per heavy atom. The van der Waals surface area contributed by atoms with Crippen LogP contribution in [0.25, 0.3) is 0 Å². The smallest absolute Gasteiger partial charge is 0.221 e. The van der Waals surface area contributed by atoms with E-state index in [9.17, 15) is 4.79 Å². The highest BCUT2D eigenvalue weighted by atomic mass is 16.1. The summed E-state index contributed by atoms with van der Waals surface area (Å²) in [4.78, 5) is 13.1. The molecule has 0 aromatic heterocycles. The van der Waals surface area contributed by atoms with Gasteiger partial charge in [-0.15, -0.1) is 0 Å². The molecule has 1 aliphatic heterocycles. The molecular weight excluding hydrogens is 176 g/mol. The molecule has 0 fully saturated rings. The molecule has 0 aliphatic carbocycles. The second-order valence-electron chi connectivity index (χ2n) is 3.70. The van der Waals surface area contributed by atoms with Crippen LogP contribution in [0.5, 0.6) is 0 Å². The van der Waals surface area contributed by atoms with E-state index in [2.05, 4.69) is 29.4 Å². The first-order chi connectivity index (χ1) is 6.66.